The van der Waals surface area contributed by atoms with Crippen LogP contribution in [0.2, 0.25) is 0 Å². The van der Waals surface area contributed by atoms with E-state index in [0.29, 0.717) is 12.3 Å². The summed E-state index contributed by atoms with van der Waals surface area (Å²) >= 11 is 1.66. The number of nitrogens with one attached hydrogen (secondary N) is 2. The zero-order chi connectivity index (χ0) is 17.1. The van der Waals surface area contributed by atoms with Crippen molar-refractivity contribution in [2.75, 3.05) is 13.3 Å². The largest absolute Gasteiger partial charge is 0.454 e. The molecule has 0 bridgehead atoms. The lowest BCUT2D eigenvalue weighted by atomic mass is 10.2. The van der Waals surface area contributed by atoms with Crippen molar-refractivity contribution in [2.24, 2.45) is 0 Å². The topological polar surface area (TPSA) is 62.8 Å². The van der Waals surface area contributed by atoms with Gasteiger partial charge in [-0.2, -0.15) is 0 Å². The van der Waals surface area contributed by atoms with E-state index in [1.807, 2.05) is 40.6 Å². The van der Waals surface area contributed by atoms with Crippen LogP contribution in [-0.2, 0) is 11.3 Å². The van der Waals surface area contributed by atoms with Crippen molar-refractivity contribution in [3.8, 4) is 11.5 Å². The van der Waals surface area contributed by atoms with Crippen molar-refractivity contribution >= 4 is 23.3 Å². The van der Waals surface area contributed by atoms with Crippen molar-refractivity contribution in [1.82, 2.24) is 15.8 Å². The molecule has 130 valence electrons. The zero-order valence-corrected chi connectivity index (χ0v) is 14.4. The fraction of sp³-hybridized carbons (Fsp3) is 0.278. The van der Waals surface area contributed by atoms with Gasteiger partial charge in [-0.05, 0) is 41.6 Å². The maximum absolute atomic E-state index is 12.8. The number of fused-ring (bicyclic) bond motifs is 1. The number of amides is 1. The maximum atomic E-state index is 12.8. The molecule has 1 aromatic heterocycles. The van der Waals surface area contributed by atoms with Crippen molar-refractivity contribution in [2.45, 2.75) is 19.1 Å². The van der Waals surface area contributed by atoms with Crippen molar-refractivity contribution in [1.29, 1.82) is 0 Å². The van der Waals surface area contributed by atoms with Gasteiger partial charge < -0.3 is 14.4 Å². The monoisotopic (exact) mass is 357 g/mol. The number of rotatable bonds is 5. The van der Waals surface area contributed by atoms with Crippen LogP contribution in [0, 0.1) is 0 Å². The molecule has 2 aromatic rings. The summed E-state index contributed by atoms with van der Waals surface area (Å²) in [6, 6.07) is 9.71. The number of hydrogen-bond acceptors (Lipinski definition) is 6. The molecule has 2 aliphatic heterocycles. The van der Waals surface area contributed by atoms with E-state index in [-0.39, 0.29) is 18.9 Å². The summed E-state index contributed by atoms with van der Waals surface area (Å²) < 4.78 is 10.7. The van der Waals surface area contributed by atoms with E-state index >= 15 is 0 Å². The first-order chi connectivity index (χ1) is 12.3. The fourth-order valence-corrected chi connectivity index (χ4v) is 3.60. The molecule has 3 heterocycles. The van der Waals surface area contributed by atoms with Crippen molar-refractivity contribution in [3.63, 3.8) is 0 Å². The van der Waals surface area contributed by atoms with Crippen LogP contribution in [-0.4, -0.2) is 30.3 Å². The molecule has 25 heavy (non-hydrogen) atoms. The average molecular weight is 357 g/mol. The molecule has 0 spiro atoms. The normalized spacial score (nSPS) is 18.8. The molecule has 0 saturated carbocycles. The SMILES string of the molecule is O=C(/C=C/c1ccc2c(c1)OCO2)N(Cc1cccs1)C1CCNN1. The second-order valence-corrected chi connectivity index (χ2v) is 6.90. The van der Waals surface area contributed by atoms with Crippen molar-refractivity contribution in [3.05, 3.63) is 52.2 Å². The number of carbonyl (C=O) groups is 1. The average Bonchev–Trinajstić information content (AvgIpc) is 3.39. The Labute approximate surface area is 150 Å². The summed E-state index contributed by atoms with van der Waals surface area (Å²) in [7, 11) is 0. The van der Waals surface area contributed by atoms with Gasteiger partial charge in [-0.25, -0.2) is 5.43 Å². The van der Waals surface area contributed by atoms with Gasteiger partial charge in [-0.3, -0.25) is 10.2 Å². The highest BCUT2D eigenvalue weighted by molar-refractivity contribution is 7.09. The highest BCUT2D eigenvalue weighted by Crippen LogP contribution is 2.32. The Morgan fingerprint density at radius 2 is 2.24 bits per heavy atom. The van der Waals surface area contributed by atoms with Gasteiger partial charge in [0.1, 0.15) is 0 Å². The van der Waals surface area contributed by atoms with E-state index in [9.17, 15) is 4.79 Å². The first-order valence-electron chi connectivity index (χ1n) is 8.19. The Kier molecular flexibility index (Phi) is 4.69. The molecule has 0 radical (unpaired) electrons. The Balaban J connectivity index is 1.49. The molecular formula is C18H19N3O3S. The van der Waals surface area contributed by atoms with Crippen LogP contribution in [0.25, 0.3) is 6.08 Å². The van der Waals surface area contributed by atoms with Crippen LogP contribution in [0.3, 0.4) is 0 Å². The zero-order valence-electron chi connectivity index (χ0n) is 13.6. The summed E-state index contributed by atoms with van der Waals surface area (Å²) in [5, 5.41) is 2.03. The highest BCUT2D eigenvalue weighted by Gasteiger charge is 2.25. The minimum absolute atomic E-state index is 0.00370. The van der Waals surface area contributed by atoms with E-state index in [1.165, 1.54) is 4.88 Å². The van der Waals surface area contributed by atoms with E-state index in [2.05, 4.69) is 16.9 Å². The van der Waals surface area contributed by atoms with Crippen LogP contribution in [0.1, 0.15) is 16.9 Å². The van der Waals surface area contributed by atoms with Gasteiger partial charge in [-0.15, -0.1) is 11.3 Å². The van der Waals surface area contributed by atoms with Crippen LogP contribution in [0.4, 0.5) is 0 Å². The molecule has 0 aliphatic carbocycles. The molecule has 7 heteroatoms. The molecule has 1 unspecified atom stereocenters. The number of hydrazine groups is 1. The van der Waals surface area contributed by atoms with Crippen LogP contribution < -0.4 is 20.3 Å². The third kappa shape index (κ3) is 3.68. The number of thiophene rings is 1. The van der Waals surface area contributed by atoms with Gasteiger partial charge in [0.05, 0.1) is 12.7 Å². The second kappa shape index (κ2) is 7.26. The summed E-state index contributed by atoms with van der Waals surface area (Å²) in [5.41, 5.74) is 7.17. The lowest BCUT2D eigenvalue weighted by Crippen LogP contribution is -2.46. The number of benzene rings is 1. The van der Waals surface area contributed by atoms with Gasteiger partial charge in [0, 0.05) is 17.5 Å². The highest BCUT2D eigenvalue weighted by atomic mass is 32.1. The standard InChI is InChI=1S/C18H19N3O3S/c22-18(6-4-13-3-5-15-16(10-13)24-12-23-15)21(17-7-8-19-20-17)11-14-2-1-9-25-14/h1-6,9-10,17,19-20H,7-8,11-12H2/b6-4+. The predicted octanol–water partition coefficient (Wildman–Crippen LogP) is 2.34. The smallest absolute Gasteiger partial charge is 0.248 e. The van der Waals surface area contributed by atoms with E-state index in [4.69, 9.17) is 9.47 Å². The minimum atomic E-state index is -0.0210. The molecule has 1 fully saturated rings. The minimum Gasteiger partial charge on any atom is -0.454 e. The lowest BCUT2D eigenvalue weighted by molar-refractivity contribution is -0.129. The molecule has 4 rings (SSSR count). The van der Waals surface area contributed by atoms with Crippen molar-refractivity contribution < 1.29 is 14.3 Å². The quantitative estimate of drug-likeness (QED) is 0.805. The molecule has 6 nitrogen and oxygen atoms in total. The van der Waals surface area contributed by atoms with E-state index < -0.39 is 0 Å². The summed E-state index contributed by atoms with van der Waals surface area (Å²) in [6.45, 7) is 1.70. The molecule has 1 atom stereocenters. The van der Waals surface area contributed by atoms with Gasteiger partial charge in [0.15, 0.2) is 11.5 Å². The number of hydrogen-bond donors (Lipinski definition) is 2. The Bertz CT molecular complexity index is 770. The molecule has 1 amide bonds. The van der Waals surface area contributed by atoms with Crippen LogP contribution >= 0.6 is 11.3 Å². The van der Waals surface area contributed by atoms with Gasteiger partial charge >= 0.3 is 0 Å². The second-order valence-electron chi connectivity index (χ2n) is 5.87. The number of carbonyl (C=O) groups excluding carboxylic acids is 1. The molecule has 1 saturated heterocycles. The summed E-state index contributed by atoms with van der Waals surface area (Å²) in [5.74, 6) is 1.43. The first kappa shape index (κ1) is 16.1. The molecular weight excluding hydrogens is 338 g/mol. The Morgan fingerprint density at radius 3 is 3.04 bits per heavy atom. The summed E-state index contributed by atoms with van der Waals surface area (Å²) in [6.07, 6.45) is 4.31. The maximum Gasteiger partial charge on any atom is 0.248 e. The van der Waals surface area contributed by atoms with Gasteiger partial charge in [0.2, 0.25) is 12.7 Å². The number of ether oxygens (including phenoxy) is 2. The first-order valence-corrected chi connectivity index (χ1v) is 9.07. The molecule has 2 aliphatic rings. The predicted molar refractivity (Wildman–Crippen MR) is 96.0 cm³/mol. The Hall–Kier alpha value is -2.35. The third-order valence-corrected chi connectivity index (χ3v) is 5.05. The van der Waals surface area contributed by atoms with Gasteiger partial charge in [0.25, 0.3) is 0 Å². The fourth-order valence-electron chi connectivity index (χ4n) is 2.90. The van der Waals surface area contributed by atoms with E-state index in [1.54, 1.807) is 17.4 Å². The number of nitrogens with zero attached hydrogens (tertiary/aromatic N) is 1. The third-order valence-electron chi connectivity index (χ3n) is 4.19. The van der Waals surface area contributed by atoms with E-state index in [0.717, 1.165) is 24.3 Å². The van der Waals surface area contributed by atoms with Crippen LogP contribution in [0.5, 0.6) is 11.5 Å². The van der Waals surface area contributed by atoms with Gasteiger partial charge in [-0.1, -0.05) is 12.1 Å². The Morgan fingerprint density at radius 1 is 1.32 bits per heavy atom. The summed E-state index contributed by atoms with van der Waals surface area (Å²) in [4.78, 5) is 15.8. The van der Waals surface area contributed by atoms with Crippen LogP contribution in [0.15, 0.2) is 41.8 Å². The molecule has 1 aromatic carbocycles. The molecule has 2 N–H and O–H groups in total. The lowest BCUT2D eigenvalue weighted by Gasteiger charge is -2.27.